The summed E-state index contributed by atoms with van der Waals surface area (Å²) in [5.41, 5.74) is 1.96. The Morgan fingerprint density at radius 3 is 2.25 bits per heavy atom. The lowest BCUT2D eigenvalue weighted by atomic mass is 10.1. The van der Waals surface area contributed by atoms with Crippen molar-refractivity contribution < 1.29 is 9.59 Å². The molecule has 3 rings (SSSR count). The summed E-state index contributed by atoms with van der Waals surface area (Å²) >= 11 is 6.17. The van der Waals surface area contributed by atoms with Crippen molar-refractivity contribution in [3.8, 4) is 0 Å². The maximum atomic E-state index is 12.6. The van der Waals surface area contributed by atoms with Gasteiger partial charge in [0.25, 0.3) is 11.8 Å². The number of aliphatic imine (C=N–C) groups is 1. The maximum Gasteiger partial charge on any atom is 0.276 e. The van der Waals surface area contributed by atoms with Crippen molar-refractivity contribution in [3.63, 3.8) is 0 Å². The molecule has 4 nitrogen and oxygen atoms in total. The average Bonchev–Trinajstić information content (AvgIpc) is 2.81. The van der Waals surface area contributed by atoms with E-state index in [0.717, 1.165) is 11.1 Å². The van der Waals surface area contributed by atoms with Crippen molar-refractivity contribution in [2.24, 2.45) is 4.99 Å². The van der Waals surface area contributed by atoms with Gasteiger partial charge in [-0.05, 0) is 18.1 Å². The SMILES string of the molecule is C[C@H](N=C1C(=O)N(Cc2ccccc2)C(=O)C1Cl)c1ccccc1. The van der Waals surface area contributed by atoms with Crippen LogP contribution in [-0.4, -0.2) is 27.8 Å². The molecule has 0 aromatic heterocycles. The smallest absolute Gasteiger partial charge is 0.274 e. The van der Waals surface area contributed by atoms with Gasteiger partial charge in [0.1, 0.15) is 5.71 Å². The van der Waals surface area contributed by atoms with Crippen LogP contribution in [0, 0.1) is 0 Å². The number of halogens is 1. The van der Waals surface area contributed by atoms with E-state index >= 15 is 0 Å². The number of nitrogens with zero attached hydrogens (tertiary/aromatic N) is 2. The van der Waals surface area contributed by atoms with Crippen LogP contribution in [0.15, 0.2) is 65.7 Å². The molecule has 1 fully saturated rings. The third kappa shape index (κ3) is 3.24. The average molecular weight is 341 g/mol. The number of alkyl halides is 1. The summed E-state index contributed by atoms with van der Waals surface area (Å²) in [7, 11) is 0. The summed E-state index contributed by atoms with van der Waals surface area (Å²) < 4.78 is 0. The second-order valence-electron chi connectivity index (χ2n) is 5.68. The second kappa shape index (κ2) is 6.97. The highest BCUT2D eigenvalue weighted by molar-refractivity contribution is 6.63. The summed E-state index contributed by atoms with van der Waals surface area (Å²) in [4.78, 5) is 30.5. The van der Waals surface area contributed by atoms with Gasteiger partial charge in [0.15, 0.2) is 5.38 Å². The minimum absolute atomic E-state index is 0.119. The molecule has 2 aromatic rings. The van der Waals surface area contributed by atoms with Crippen molar-refractivity contribution in [1.29, 1.82) is 0 Å². The Labute approximate surface area is 145 Å². The van der Waals surface area contributed by atoms with E-state index < -0.39 is 17.2 Å². The van der Waals surface area contributed by atoms with E-state index in [1.165, 1.54) is 4.90 Å². The first-order valence-corrected chi connectivity index (χ1v) is 8.18. The largest absolute Gasteiger partial charge is 0.276 e. The van der Waals surface area contributed by atoms with E-state index in [1.54, 1.807) is 0 Å². The van der Waals surface area contributed by atoms with Crippen LogP contribution in [0.3, 0.4) is 0 Å². The van der Waals surface area contributed by atoms with Crippen LogP contribution < -0.4 is 0 Å². The molecule has 2 amide bonds. The van der Waals surface area contributed by atoms with Gasteiger partial charge >= 0.3 is 0 Å². The summed E-state index contributed by atoms with van der Waals surface area (Å²) in [6, 6.07) is 18.7. The molecule has 0 radical (unpaired) electrons. The fraction of sp³-hybridized carbons (Fsp3) is 0.211. The van der Waals surface area contributed by atoms with E-state index in [4.69, 9.17) is 11.6 Å². The molecule has 0 saturated carbocycles. The topological polar surface area (TPSA) is 49.7 Å². The first-order valence-electron chi connectivity index (χ1n) is 7.74. The van der Waals surface area contributed by atoms with Crippen LogP contribution in [0.2, 0.25) is 0 Å². The molecule has 24 heavy (non-hydrogen) atoms. The number of carbonyl (C=O) groups is 2. The highest BCUT2D eigenvalue weighted by atomic mass is 35.5. The van der Waals surface area contributed by atoms with Crippen molar-refractivity contribution in [1.82, 2.24) is 4.90 Å². The van der Waals surface area contributed by atoms with Gasteiger partial charge in [-0.3, -0.25) is 19.5 Å². The second-order valence-corrected chi connectivity index (χ2v) is 6.12. The first kappa shape index (κ1) is 16.4. The van der Waals surface area contributed by atoms with Gasteiger partial charge in [-0.2, -0.15) is 0 Å². The lowest BCUT2D eigenvalue weighted by molar-refractivity contribution is -0.137. The maximum absolute atomic E-state index is 12.6. The fourth-order valence-corrected chi connectivity index (χ4v) is 2.92. The fourth-order valence-electron chi connectivity index (χ4n) is 2.65. The van der Waals surface area contributed by atoms with Crippen LogP contribution in [0.25, 0.3) is 0 Å². The van der Waals surface area contributed by atoms with Crippen LogP contribution >= 0.6 is 11.6 Å². The number of benzene rings is 2. The summed E-state index contributed by atoms with van der Waals surface area (Å²) in [6.45, 7) is 2.09. The molecule has 122 valence electrons. The summed E-state index contributed by atoms with van der Waals surface area (Å²) in [5, 5.41) is -1.02. The van der Waals surface area contributed by atoms with E-state index in [-0.39, 0.29) is 18.3 Å². The van der Waals surface area contributed by atoms with Gasteiger partial charge in [-0.25, -0.2) is 0 Å². The molecule has 2 atom stereocenters. The number of carbonyl (C=O) groups excluding carboxylic acids is 2. The predicted molar refractivity (Wildman–Crippen MR) is 93.9 cm³/mol. The monoisotopic (exact) mass is 340 g/mol. The number of hydrogen-bond donors (Lipinski definition) is 0. The van der Waals surface area contributed by atoms with Crippen LogP contribution in [0.4, 0.5) is 0 Å². The minimum Gasteiger partial charge on any atom is -0.274 e. The number of likely N-dealkylation sites (tertiary alicyclic amines) is 1. The molecule has 1 aliphatic rings. The van der Waals surface area contributed by atoms with E-state index in [2.05, 4.69) is 4.99 Å². The van der Waals surface area contributed by atoms with Gasteiger partial charge in [-0.15, -0.1) is 11.6 Å². The van der Waals surface area contributed by atoms with Crippen molar-refractivity contribution in [2.45, 2.75) is 24.9 Å². The van der Waals surface area contributed by atoms with Gasteiger partial charge in [0, 0.05) is 0 Å². The molecule has 1 saturated heterocycles. The molecular formula is C19H17ClN2O2. The van der Waals surface area contributed by atoms with Crippen molar-refractivity contribution in [3.05, 3.63) is 71.8 Å². The molecular weight excluding hydrogens is 324 g/mol. The van der Waals surface area contributed by atoms with Gasteiger partial charge in [-0.1, -0.05) is 60.7 Å². The zero-order valence-electron chi connectivity index (χ0n) is 13.2. The first-order chi connectivity index (χ1) is 11.6. The normalized spacial score (nSPS) is 20.7. The highest BCUT2D eigenvalue weighted by Gasteiger charge is 2.43. The molecule has 0 bridgehead atoms. The lowest BCUT2D eigenvalue weighted by Crippen LogP contribution is -2.30. The summed E-state index contributed by atoms with van der Waals surface area (Å²) in [5.74, 6) is -0.823. The van der Waals surface area contributed by atoms with Gasteiger partial charge in [0.05, 0.1) is 12.6 Å². The molecule has 1 unspecified atom stereocenters. The third-order valence-electron chi connectivity index (χ3n) is 3.99. The molecule has 2 aromatic carbocycles. The van der Waals surface area contributed by atoms with Gasteiger partial charge < -0.3 is 0 Å². The Bertz CT molecular complexity index is 774. The Hall–Kier alpha value is -2.46. The van der Waals surface area contributed by atoms with E-state index in [9.17, 15) is 9.59 Å². The molecule has 1 aliphatic heterocycles. The Balaban J connectivity index is 1.83. The molecule has 5 heteroatoms. The number of amides is 2. The van der Waals surface area contributed by atoms with Crippen molar-refractivity contribution >= 4 is 29.1 Å². The third-order valence-corrected chi connectivity index (χ3v) is 4.38. The molecule has 0 N–H and O–H groups in total. The standard InChI is InChI=1S/C19H17ClN2O2/c1-13(15-10-6-3-7-11-15)21-17-16(20)18(23)22(19(17)24)12-14-8-4-2-5-9-14/h2-11,13,16H,12H2,1H3/t13-,16?/m0/s1. The zero-order chi connectivity index (χ0) is 17.1. The lowest BCUT2D eigenvalue weighted by Gasteiger charge is -2.13. The predicted octanol–water partition coefficient (Wildman–Crippen LogP) is 3.37. The number of rotatable bonds is 4. The highest BCUT2D eigenvalue weighted by Crippen LogP contribution is 2.23. The number of hydrogen-bond acceptors (Lipinski definition) is 3. The Morgan fingerprint density at radius 1 is 1.04 bits per heavy atom. The zero-order valence-corrected chi connectivity index (χ0v) is 14.0. The van der Waals surface area contributed by atoms with Crippen LogP contribution in [-0.2, 0) is 16.1 Å². The molecule has 0 aliphatic carbocycles. The minimum atomic E-state index is -1.02. The van der Waals surface area contributed by atoms with Gasteiger partial charge in [0.2, 0.25) is 0 Å². The van der Waals surface area contributed by atoms with Crippen LogP contribution in [0.5, 0.6) is 0 Å². The quantitative estimate of drug-likeness (QED) is 0.633. The Kier molecular flexibility index (Phi) is 4.76. The molecule has 1 heterocycles. The van der Waals surface area contributed by atoms with Crippen molar-refractivity contribution in [2.75, 3.05) is 0 Å². The van der Waals surface area contributed by atoms with E-state index in [0.29, 0.717) is 0 Å². The molecule has 0 spiro atoms. The summed E-state index contributed by atoms with van der Waals surface area (Å²) in [6.07, 6.45) is 0. The van der Waals surface area contributed by atoms with E-state index in [1.807, 2.05) is 67.6 Å². The Morgan fingerprint density at radius 2 is 1.62 bits per heavy atom. The van der Waals surface area contributed by atoms with Crippen LogP contribution in [0.1, 0.15) is 24.1 Å². The number of imide groups is 1.